The molecule has 1 N–H and O–H groups in total. The summed E-state index contributed by atoms with van der Waals surface area (Å²) in [4.78, 5) is 16.7. The molecule has 2 aromatic carbocycles. The molecule has 2 aromatic heterocycles. The number of para-hydroxylation sites is 2. The summed E-state index contributed by atoms with van der Waals surface area (Å²) in [5.74, 6) is -0.332. The fraction of sp³-hybridized carbons (Fsp3) is 0.238. The van der Waals surface area contributed by atoms with Gasteiger partial charge in [0, 0.05) is 24.9 Å². The number of benzene rings is 2. The molecular weight excluding hydrogens is 477 g/mol. The summed E-state index contributed by atoms with van der Waals surface area (Å²) in [5, 5.41) is 11.7. The number of ether oxygens (including phenoxy) is 1. The van der Waals surface area contributed by atoms with Crippen molar-refractivity contribution in [2.24, 2.45) is 0 Å². The molecule has 4 rings (SSSR count). The smallest absolute Gasteiger partial charge is 0.416 e. The van der Waals surface area contributed by atoms with Crippen LogP contribution in [-0.4, -0.2) is 33.2 Å². The van der Waals surface area contributed by atoms with Gasteiger partial charge in [-0.2, -0.15) is 0 Å². The second kappa shape index (κ2) is 10.2. The first-order valence-electron chi connectivity index (χ1n) is 9.76. The number of carbonyl (C=O) groups is 1. The first-order chi connectivity index (χ1) is 15.9. The van der Waals surface area contributed by atoms with Gasteiger partial charge in [0.2, 0.25) is 11.8 Å². The number of thioether (sulfide) groups is 1. The largest absolute Gasteiger partial charge is 0.573 e. The van der Waals surface area contributed by atoms with Crippen LogP contribution in [-0.2, 0) is 24.2 Å². The van der Waals surface area contributed by atoms with Crippen molar-refractivity contribution in [1.29, 1.82) is 0 Å². The number of nitrogens with one attached hydrogen (secondary N) is 1. The molecule has 2 heterocycles. The van der Waals surface area contributed by atoms with Crippen molar-refractivity contribution < 1.29 is 27.1 Å². The minimum atomic E-state index is -4.81. The van der Waals surface area contributed by atoms with Crippen LogP contribution in [0.5, 0.6) is 5.75 Å². The van der Waals surface area contributed by atoms with E-state index in [0.29, 0.717) is 18.7 Å². The number of hydrogen-bond acceptors (Lipinski definition) is 8. The average Bonchev–Trinajstić information content (AvgIpc) is 3.41. The van der Waals surface area contributed by atoms with Gasteiger partial charge in [0.05, 0.1) is 21.0 Å². The Balaban J connectivity index is 1.23. The Bertz CT molecular complexity index is 1210. The summed E-state index contributed by atoms with van der Waals surface area (Å²) in [6.07, 6.45) is -3.63. The molecule has 0 saturated heterocycles. The predicted octanol–water partition coefficient (Wildman–Crippen LogP) is 4.77. The normalized spacial score (nSPS) is 11.6. The fourth-order valence-corrected chi connectivity index (χ4v) is 4.46. The fourth-order valence-electron chi connectivity index (χ4n) is 2.88. The van der Waals surface area contributed by atoms with Crippen LogP contribution < -0.4 is 10.1 Å². The number of halogens is 3. The number of alkyl halides is 3. The number of amides is 1. The van der Waals surface area contributed by atoms with Gasteiger partial charge < -0.3 is 14.5 Å². The van der Waals surface area contributed by atoms with E-state index in [9.17, 15) is 18.0 Å². The summed E-state index contributed by atoms with van der Waals surface area (Å²) in [6.45, 7) is -0.108. The van der Waals surface area contributed by atoms with E-state index >= 15 is 0 Å². The average molecular weight is 495 g/mol. The van der Waals surface area contributed by atoms with Crippen molar-refractivity contribution in [3.63, 3.8) is 0 Å². The molecule has 0 unspecified atom stereocenters. The molecule has 1 amide bonds. The molecule has 0 atom stereocenters. The Kier molecular flexibility index (Phi) is 7.14. The summed E-state index contributed by atoms with van der Waals surface area (Å²) in [7, 11) is 0. The molecule has 0 aliphatic carbocycles. The topological polar surface area (TPSA) is 90.1 Å². The number of hydrogen-bond donors (Lipinski definition) is 1. The highest BCUT2D eigenvalue weighted by molar-refractivity contribution is 7.99. The molecule has 0 bridgehead atoms. The van der Waals surface area contributed by atoms with Gasteiger partial charge in [0.25, 0.3) is 5.22 Å². The van der Waals surface area contributed by atoms with Gasteiger partial charge >= 0.3 is 6.36 Å². The van der Waals surface area contributed by atoms with Crippen molar-refractivity contribution in [3.05, 3.63) is 65.0 Å². The van der Waals surface area contributed by atoms with Crippen LogP contribution in [0.4, 0.5) is 13.2 Å². The van der Waals surface area contributed by atoms with Crippen LogP contribution >= 0.6 is 23.1 Å². The zero-order valence-corrected chi connectivity index (χ0v) is 18.6. The molecule has 12 heteroatoms. The van der Waals surface area contributed by atoms with Gasteiger partial charge in [-0.25, -0.2) is 4.98 Å². The summed E-state index contributed by atoms with van der Waals surface area (Å²) in [6, 6.07) is 13.5. The number of nitrogens with zero attached hydrogens (tertiary/aromatic N) is 3. The van der Waals surface area contributed by atoms with E-state index in [1.54, 1.807) is 17.4 Å². The maximum absolute atomic E-state index is 12.5. The highest BCUT2D eigenvalue weighted by Gasteiger charge is 2.32. The van der Waals surface area contributed by atoms with Gasteiger partial charge in [-0.1, -0.05) is 42.1 Å². The maximum atomic E-state index is 12.5. The third kappa shape index (κ3) is 6.68. The van der Waals surface area contributed by atoms with Crippen LogP contribution in [0.3, 0.4) is 0 Å². The van der Waals surface area contributed by atoms with Gasteiger partial charge in [0.15, 0.2) is 0 Å². The standard InChI is InChI=1S/C21H17F3N4O3S2/c22-21(23,24)31-15-7-3-1-5-13(15)11-25-17(29)12-32-20-28-27-18(30-20)9-10-19-26-14-6-2-4-8-16(14)33-19/h1-8H,9-12H2,(H,25,29). The van der Waals surface area contributed by atoms with Crippen LogP contribution in [0.15, 0.2) is 58.2 Å². The Morgan fingerprint density at radius 3 is 2.70 bits per heavy atom. The lowest BCUT2D eigenvalue weighted by atomic mass is 10.2. The van der Waals surface area contributed by atoms with E-state index in [1.165, 1.54) is 18.2 Å². The Morgan fingerprint density at radius 1 is 1.09 bits per heavy atom. The molecule has 7 nitrogen and oxygen atoms in total. The second-order valence-electron chi connectivity index (χ2n) is 6.76. The van der Waals surface area contributed by atoms with E-state index < -0.39 is 12.3 Å². The molecule has 0 saturated carbocycles. The minimum absolute atomic E-state index is 0.0260. The first-order valence-corrected chi connectivity index (χ1v) is 11.6. The minimum Gasteiger partial charge on any atom is -0.416 e. The van der Waals surface area contributed by atoms with E-state index in [1.807, 2.05) is 24.3 Å². The lowest BCUT2D eigenvalue weighted by Crippen LogP contribution is -2.25. The molecule has 0 fully saturated rings. The monoisotopic (exact) mass is 494 g/mol. The molecular formula is C21H17F3N4O3S2. The summed E-state index contributed by atoms with van der Waals surface area (Å²) < 4.78 is 48.1. The SMILES string of the molecule is O=C(CSc1nnc(CCc2nc3ccccc3s2)o1)NCc1ccccc1OC(F)(F)F. The van der Waals surface area contributed by atoms with Crippen LogP contribution in [0.1, 0.15) is 16.5 Å². The third-order valence-corrected chi connectivity index (χ3v) is 6.25. The first kappa shape index (κ1) is 23.1. The Labute approximate surface area is 194 Å². The maximum Gasteiger partial charge on any atom is 0.573 e. The summed E-state index contributed by atoms with van der Waals surface area (Å²) in [5.41, 5.74) is 1.17. The second-order valence-corrected chi connectivity index (χ2v) is 8.80. The summed E-state index contributed by atoms with van der Waals surface area (Å²) >= 11 is 2.66. The number of fused-ring (bicyclic) bond motifs is 1. The van der Waals surface area contributed by atoms with Gasteiger partial charge in [0.1, 0.15) is 5.75 Å². The van der Waals surface area contributed by atoms with Crippen LogP contribution in [0.25, 0.3) is 10.2 Å². The number of aromatic nitrogens is 3. The lowest BCUT2D eigenvalue weighted by molar-refractivity contribution is -0.274. The quantitative estimate of drug-likeness (QED) is 0.335. The zero-order chi connectivity index (χ0) is 23.3. The molecule has 33 heavy (non-hydrogen) atoms. The van der Waals surface area contributed by atoms with Crippen molar-refractivity contribution >= 4 is 39.2 Å². The molecule has 172 valence electrons. The van der Waals surface area contributed by atoms with Gasteiger partial charge in [-0.15, -0.1) is 34.7 Å². The molecule has 4 aromatic rings. The van der Waals surface area contributed by atoms with Crippen molar-refractivity contribution in [2.45, 2.75) is 31.0 Å². The molecule has 0 aliphatic rings. The van der Waals surface area contributed by atoms with Crippen molar-refractivity contribution in [2.75, 3.05) is 5.75 Å². The van der Waals surface area contributed by atoms with Gasteiger partial charge in [-0.3, -0.25) is 4.79 Å². The highest BCUT2D eigenvalue weighted by Crippen LogP contribution is 2.26. The van der Waals surface area contributed by atoms with Gasteiger partial charge in [-0.05, 0) is 18.2 Å². The van der Waals surface area contributed by atoms with Crippen LogP contribution in [0, 0.1) is 0 Å². The third-order valence-electron chi connectivity index (χ3n) is 4.34. The predicted molar refractivity (Wildman–Crippen MR) is 117 cm³/mol. The van der Waals surface area contributed by atoms with Crippen molar-refractivity contribution in [1.82, 2.24) is 20.5 Å². The molecule has 0 aliphatic heterocycles. The van der Waals surface area contributed by atoms with Crippen LogP contribution in [0.2, 0.25) is 0 Å². The van der Waals surface area contributed by atoms with Crippen molar-refractivity contribution in [3.8, 4) is 5.75 Å². The van der Waals surface area contributed by atoms with E-state index in [4.69, 9.17) is 4.42 Å². The molecule has 0 spiro atoms. The zero-order valence-electron chi connectivity index (χ0n) is 17.0. The highest BCUT2D eigenvalue weighted by atomic mass is 32.2. The lowest BCUT2D eigenvalue weighted by Gasteiger charge is -2.13. The number of thiazole rings is 1. The Morgan fingerprint density at radius 2 is 1.88 bits per heavy atom. The Hall–Kier alpha value is -3.12. The van der Waals surface area contributed by atoms with E-state index in [2.05, 4.69) is 25.2 Å². The molecule has 0 radical (unpaired) electrons. The van der Waals surface area contributed by atoms with E-state index in [0.717, 1.165) is 27.0 Å². The number of carbonyl (C=O) groups excluding carboxylic acids is 1. The number of aryl methyl sites for hydroxylation is 2. The van der Waals surface area contributed by atoms with E-state index in [-0.39, 0.29) is 28.8 Å². The number of rotatable bonds is 9.